The van der Waals surface area contributed by atoms with Crippen LogP contribution in [0.5, 0.6) is 5.75 Å². The number of rotatable bonds is 7. The SMILES string of the molecule is CN(Cc1cc(-c2ccccc2)no1)C(=O)COc1ccc(-n2cnnn2)cc1. The standard InChI is InChI=1S/C20H18N6O3/c1-25(12-18-11-19(22-29-18)15-5-3-2-4-6-15)20(27)13-28-17-9-7-16(8-10-17)26-14-21-23-24-26/h2-11,14H,12-13H2,1H3. The number of hydrogen-bond donors (Lipinski definition) is 0. The first kappa shape index (κ1) is 18.4. The minimum absolute atomic E-state index is 0.0829. The van der Waals surface area contributed by atoms with E-state index in [9.17, 15) is 4.79 Å². The smallest absolute Gasteiger partial charge is 0.260 e. The normalized spacial score (nSPS) is 10.7. The quantitative estimate of drug-likeness (QED) is 0.478. The summed E-state index contributed by atoms with van der Waals surface area (Å²) in [4.78, 5) is 13.9. The Bertz CT molecular complexity index is 1060. The van der Waals surface area contributed by atoms with Crippen LogP contribution >= 0.6 is 0 Å². The fourth-order valence-corrected chi connectivity index (χ4v) is 2.68. The van der Waals surface area contributed by atoms with Crippen LogP contribution in [-0.4, -0.2) is 49.8 Å². The number of carbonyl (C=O) groups is 1. The van der Waals surface area contributed by atoms with Crippen molar-refractivity contribution in [3.05, 3.63) is 72.8 Å². The van der Waals surface area contributed by atoms with Crippen molar-refractivity contribution >= 4 is 5.91 Å². The largest absolute Gasteiger partial charge is 0.484 e. The summed E-state index contributed by atoms with van der Waals surface area (Å²) in [6.07, 6.45) is 1.50. The minimum Gasteiger partial charge on any atom is -0.484 e. The average molecular weight is 390 g/mol. The highest BCUT2D eigenvalue weighted by Gasteiger charge is 2.14. The first-order valence-corrected chi connectivity index (χ1v) is 8.90. The van der Waals surface area contributed by atoms with E-state index in [1.54, 1.807) is 31.3 Å². The Balaban J connectivity index is 1.30. The Hall–Kier alpha value is -4.01. The van der Waals surface area contributed by atoms with Crippen LogP contribution in [0.25, 0.3) is 16.9 Å². The molecule has 0 saturated carbocycles. The molecular weight excluding hydrogens is 372 g/mol. The van der Waals surface area contributed by atoms with Gasteiger partial charge < -0.3 is 14.2 Å². The maximum atomic E-state index is 12.4. The summed E-state index contributed by atoms with van der Waals surface area (Å²) in [6, 6.07) is 18.7. The molecule has 9 heteroatoms. The van der Waals surface area contributed by atoms with Crippen molar-refractivity contribution in [2.45, 2.75) is 6.54 Å². The summed E-state index contributed by atoms with van der Waals surface area (Å²) in [7, 11) is 1.69. The van der Waals surface area contributed by atoms with Crippen LogP contribution in [0.2, 0.25) is 0 Å². The molecule has 0 atom stereocenters. The second kappa shape index (κ2) is 8.34. The summed E-state index contributed by atoms with van der Waals surface area (Å²) < 4.78 is 12.5. The van der Waals surface area contributed by atoms with Gasteiger partial charge >= 0.3 is 0 Å². The van der Waals surface area contributed by atoms with Crippen LogP contribution in [0, 0.1) is 0 Å². The molecule has 0 fully saturated rings. The third kappa shape index (κ3) is 4.46. The van der Waals surface area contributed by atoms with Gasteiger partial charge in [-0.1, -0.05) is 35.5 Å². The number of tetrazole rings is 1. The number of nitrogens with zero attached hydrogens (tertiary/aromatic N) is 6. The summed E-state index contributed by atoms with van der Waals surface area (Å²) in [5.74, 6) is 1.01. The fourth-order valence-electron chi connectivity index (χ4n) is 2.68. The molecule has 0 saturated heterocycles. The lowest BCUT2D eigenvalue weighted by Crippen LogP contribution is -2.30. The van der Waals surface area contributed by atoms with E-state index < -0.39 is 0 Å². The summed E-state index contributed by atoms with van der Waals surface area (Å²) >= 11 is 0. The van der Waals surface area contributed by atoms with Crippen LogP contribution in [0.3, 0.4) is 0 Å². The van der Waals surface area contributed by atoms with E-state index in [0.29, 0.717) is 18.1 Å². The van der Waals surface area contributed by atoms with Gasteiger partial charge in [-0.2, -0.15) is 0 Å². The molecule has 146 valence electrons. The number of carbonyl (C=O) groups excluding carboxylic acids is 1. The predicted molar refractivity (Wildman–Crippen MR) is 103 cm³/mol. The molecule has 2 heterocycles. The highest BCUT2D eigenvalue weighted by molar-refractivity contribution is 5.77. The maximum absolute atomic E-state index is 12.4. The molecule has 0 radical (unpaired) electrons. The summed E-state index contributed by atoms with van der Waals surface area (Å²) in [5.41, 5.74) is 2.50. The molecule has 9 nitrogen and oxygen atoms in total. The third-order valence-corrected chi connectivity index (χ3v) is 4.26. The first-order valence-electron chi connectivity index (χ1n) is 8.90. The van der Waals surface area contributed by atoms with E-state index >= 15 is 0 Å². The van der Waals surface area contributed by atoms with E-state index in [1.165, 1.54) is 15.9 Å². The van der Waals surface area contributed by atoms with E-state index in [-0.39, 0.29) is 12.5 Å². The zero-order valence-electron chi connectivity index (χ0n) is 15.7. The van der Waals surface area contributed by atoms with E-state index in [0.717, 1.165) is 16.9 Å². The number of benzene rings is 2. The molecule has 0 unspecified atom stereocenters. The van der Waals surface area contributed by atoms with E-state index in [4.69, 9.17) is 9.26 Å². The van der Waals surface area contributed by atoms with E-state index in [1.807, 2.05) is 36.4 Å². The van der Waals surface area contributed by atoms with Crippen molar-refractivity contribution in [1.82, 2.24) is 30.3 Å². The number of likely N-dealkylation sites (N-methyl/N-ethyl adjacent to an activating group) is 1. The van der Waals surface area contributed by atoms with Crippen molar-refractivity contribution in [2.24, 2.45) is 0 Å². The molecule has 0 N–H and O–H groups in total. The zero-order chi connectivity index (χ0) is 20.1. The Labute approximate surface area is 166 Å². The third-order valence-electron chi connectivity index (χ3n) is 4.26. The highest BCUT2D eigenvalue weighted by atomic mass is 16.5. The van der Waals surface area contributed by atoms with Gasteiger partial charge in [0.1, 0.15) is 17.8 Å². The number of amides is 1. The Morgan fingerprint density at radius 3 is 2.66 bits per heavy atom. The number of ether oxygens (including phenoxy) is 1. The lowest BCUT2D eigenvalue weighted by Gasteiger charge is -2.15. The van der Waals surface area contributed by atoms with Gasteiger partial charge in [0.25, 0.3) is 5.91 Å². The summed E-state index contributed by atoms with van der Waals surface area (Å²) in [5, 5.41) is 15.1. The molecule has 0 spiro atoms. The van der Waals surface area contributed by atoms with Crippen molar-refractivity contribution in [1.29, 1.82) is 0 Å². The van der Waals surface area contributed by atoms with Crippen LogP contribution in [0.1, 0.15) is 5.76 Å². The van der Waals surface area contributed by atoms with Crippen molar-refractivity contribution < 1.29 is 14.1 Å². The number of aromatic nitrogens is 5. The molecule has 0 bridgehead atoms. The lowest BCUT2D eigenvalue weighted by atomic mass is 10.1. The van der Waals surface area contributed by atoms with Crippen LogP contribution in [-0.2, 0) is 11.3 Å². The second-order valence-corrected chi connectivity index (χ2v) is 6.33. The summed E-state index contributed by atoms with van der Waals surface area (Å²) in [6.45, 7) is 0.223. The Kier molecular flexibility index (Phi) is 5.28. The van der Waals surface area contributed by atoms with Crippen LogP contribution in [0.4, 0.5) is 0 Å². The highest BCUT2D eigenvalue weighted by Crippen LogP contribution is 2.19. The molecule has 2 aromatic carbocycles. The molecule has 0 aliphatic rings. The Morgan fingerprint density at radius 1 is 1.14 bits per heavy atom. The molecule has 4 aromatic rings. The molecule has 0 aliphatic carbocycles. The van der Waals surface area contributed by atoms with Gasteiger partial charge in [-0.25, -0.2) is 4.68 Å². The number of hydrogen-bond acceptors (Lipinski definition) is 7. The molecule has 4 rings (SSSR count). The fraction of sp³-hybridized carbons (Fsp3) is 0.150. The molecule has 1 amide bonds. The second-order valence-electron chi connectivity index (χ2n) is 6.33. The topological polar surface area (TPSA) is 99.2 Å². The van der Waals surface area contributed by atoms with Crippen molar-refractivity contribution in [3.63, 3.8) is 0 Å². The molecule has 0 aliphatic heterocycles. The van der Waals surface area contributed by atoms with Gasteiger partial charge in [0.15, 0.2) is 12.4 Å². The van der Waals surface area contributed by atoms with Crippen LogP contribution < -0.4 is 4.74 Å². The van der Waals surface area contributed by atoms with Gasteiger partial charge in [-0.3, -0.25) is 4.79 Å². The first-order chi connectivity index (χ1) is 14.2. The van der Waals surface area contributed by atoms with Gasteiger partial charge in [0.05, 0.1) is 12.2 Å². The van der Waals surface area contributed by atoms with Gasteiger partial charge in [0, 0.05) is 18.7 Å². The van der Waals surface area contributed by atoms with Crippen LogP contribution in [0.15, 0.2) is 71.5 Å². The van der Waals surface area contributed by atoms with Gasteiger partial charge in [-0.05, 0) is 34.7 Å². The zero-order valence-corrected chi connectivity index (χ0v) is 15.7. The van der Waals surface area contributed by atoms with Gasteiger partial charge in [0.2, 0.25) is 0 Å². The maximum Gasteiger partial charge on any atom is 0.260 e. The predicted octanol–water partition coefficient (Wildman–Crippen LogP) is 2.35. The average Bonchev–Trinajstić information content (AvgIpc) is 3.45. The molecule has 2 aromatic heterocycles. The monoisotopic (exact) mass is 390 g/mol. The molecular formula is C20H18N6O3. The molecule has 29 heavy (non-hydrogen) atoms. The minimum atomic E-state index is -0.174. The van der Waals surface area contributed by atoms with E-state index in [2.05, 4.69) is 20.7 Å². The van der Waals surface area contributed by atoms with Gasteiger partial charge in [-0.15, -0.1) is 5.10 Å². The lowest BCUT2D eigenvalue weighted by molar-refractivity contribution is -0.132. The Morgan fingerprint density at radius 2 is 1.93 bits per heavy atom. The van der Waals surface area contributed by atoms with Crippen molar-refractivity contribution in [3.8, 4) is 22.7 Å². The van der Waals surface area contributed by atoms with Crippen molar-refractivity contribution in [2.75, 3.05) is 13.7 Å².